The number of benzene rings is 1. The zero-order chi connectivity index (χ0) is 24.6. The number of hydrogen-bond acceptors (Lipinski definition) is 6. The number of ketones is 1. The van der Waals surface area contributed by atoms with Crippen molar-refractivity contribution in [3.05, 3.63) is 23.0 Å². The van der Waals surface area contributed by atoms with Crippen LogP contribution in [-0.4, -0.2) is 62.3 Å². The van der Waals surface area contributed by atoms with E-state index in [4.69, 9.17) is 20.9 Å². The van der Waals surface area contributed by atoms with Gasteiger partial charge in [-0.15, -0.1) is 0 Å². The largest absolute Gasteiger partial charge is 0.384 e. The van der Waals surface area contributed by atoms with Gasteiger partial charge in [-0.3, -0.25) is 9.69 Å². The lowest BCUT2D eigenvalue weighted by Crippen LogP contribution is -2.47. The minimum atomic E-state index is -0.443. The van der Waals surface area contributed by atoms with Crippen molar-refractivity contribution in [2.45, 2.75) is 51.9 Å². The Morgan fingerprint density at radius 3 is 2.74 bits per heavy atom. The van der Waals surface area contributed by atoms with Gasteiger partial charge >= 0.3 is 0 Å². The number of carbonyl (C=O) groups is 1. The van der Waals surface area contributed by atoms with E-state index in [1.807, 2.05) is 0 Å². The number of nitrogens with zero attached hydrogens (tertiary/aromatic N) is 3. The van der Waals surface area contributed by atoms with Gasteiger partial charge in [0.1, 0.15) is 11.6 Å². The Bertz CT molecular complexity index is 1040. The molecule has 2 saturated carbocycles. The van der Waals surface area contributed by atoms with Crippen LogP contribution in [0.3, 0.4) is 0 Å². The average Bonchev–Trinajstić information content (AvgIpc) is 3.42. The molecule has 5 rings (SSSR count). The summed E-state index contributed by atoms with van der Waals surface area (Å²) < 4.78 is 24.4. The second-order valence-electron chi connectivity index (χ2n) is 11.0. The molecular weight excluding hydrogens is 469 g/mol. The van der Waals surface area contributed by atoms with Crippen molar-refractivity contribution < 1.29 is 18.4 Å². The molecule has 1 aromatic carbocycles. The van der Waals surface area contributed by atoms with Gasteiger partial charge in [0.25, 0.3) is 0 Å². The van der Waals surface area contributed by atoms with E-state index in [0.29, 0.717) is 46.9 Å². The topological polar surface area (TPSA) is 58.8 Å². The van der Waals surface area contributed by atoms with E-state index in [1.54, 1.807) is 7.11 Å². The number of halogens is 2. The Morgan fingerprint density at radius 2 is 2.03 bits per heavy atom. The predicted octanol–water partition coefficient (Wildman–Crippen LogP) is 5.57. The van der Waals surface area contributed by atoms with Crippen molar-refractivity contribution in [3.8, 4) is 0 Å². The van der Waals surface area contributed by atoms with Crippen LogP contribution in [0, 0.1) is 29.0 Å². The third-order valence-corrected chi connectivity index (χ3v) is 9.33. The molecule has 0 radical (unpaired) electrons. The van der Waals surface area contributed by atoms with Crippen molar-refractivity contribution in [2.75, 3.05) is 51.3 Å². The minimum Gasteiger partial charge on any atom is -0.384 e. The Labute approximate surface area is 212 Å². The molecule has 0 amide bonds. The summed E-state index contributed by atoms with van der Waals surface area (Å²) in [5.74, 6) is 2.23. The van der Waals surface area contributed by atoms with Crippen molar-refractivity contribution in [3.63, 3.8) is 0 Å². The number of ether oxygens (including phenoxy) is 1. The zero-order valence-corrected chi connectivity index (χ0v) is 21.7. The van der Waals surface area contributed by atoms with Crippen LogP contribution < -0.4 is 4.90 Å². The highest BCUT2D eigenvalue weighted by Gasteiger charge is 2.57. The van der Waals surface area contributed by atoms with Gasteiger partial charge in [-0.25, -0.2) is 4.39 Å². The van der Waals surface area contributed by atoms with Crippen molar-refractivity contribution in [2.24, 2.45) is 23.2 Å². The highest BCUT2D eigenvalue weighted by molar-refractivity contribution is 6.31. The van der Waals surface area contributed by atoms with Crippen molar-refractivity contribution >= 4 is 34.2 Å². The Morgan fingerprint density at radius 1 is 1.29 bits per heavy atom. The summed E-state index contributed by atoms with van der Waals surface area (Å²) in [5, 5.41) is 4.93. The highest BCUT2D eigenvalue weighted by atomic mass is 35.5. The van der Waals surface area contributed by atoms with Crippen LogP contribution >= 0.6 is 11.6 Å². The summed E-state index contributed by atoms with van der Waals surface area (Å²) in [7, 11) is 1.66. The first kappa shape index (κ1) is 25.0. The van der Waals surface area contributed by atoms with Gasteiger partial charge in [0.15, 0.2) is 11.4 Å². The Kier molecular flexibility index (Phi) is 7.38. The van der Waals surface area contributed by atoms with Crippen LogP contribution in [0.5, 0.6) is 0 Å². The van der Waals surface area contributed by atoms with E-state index in [2.05, 4.69) is 21.9 Å². The number of methoxy groups -OCH3 is 1. The minimum absolute atomic E-state index is 0.0564. The molecule has 2 atom stereocenters. The Hall–Kier alpha value is -1.70. The molecule has 192 valence electrons. The summed E-state index contributed by atoms with van der Waals surface area (Å²) in [6, 6.07) is 2.92. The lowest BCUT2D eigenvalue weighted by Gasteiger charge is -2.36. The third kappa shape index (κ3) is 5.23. The fourth-order valence-electron chi connectivity index (χ4n) is 6.55. The number of hydrogen-bond donors (Lipinski definition) is 0. The first-order valence-electron chi connectivity index (χ1n) is 13.1. The normalized spacial score (nSPS) is 28.1. The fraction of sp³-hybridized carbons (Fsp3) is 0.704. The van der Waals surface area contributed by atoms with Crippen LogP contribution in [0.4, 0.5) is 10.2 Å². The average molecular weight is 506 g/mol. The maximum Gasteiger partial charge on any atom is 0.180 e. The monoisotopic (exact) mass is 505 g/mol. The standard InChI is InChI=1S/C27H37ClFN3O3/c1-18(24(33)6-14-34-2)21-17-27(21)7-3-19(4-8-27)5-9-31-10-12-32(13-11-31)26-20-15-23(29)22(28)16-25(20)35-30-26/h15-16,18-19,21H,3-14,17H2,1-2H3/t18?,19?,21-,27?/m0/s1. The van der Waals surface area contributed by atoms with E-state index < -0.39 is 5.82 Å². The van der Waals surface area contributed by atoms with E-state index in [1.165, 1.54) is 50.7 Å². The Balaban J connectivity index is 1.05. The molecule has 1 aliphatic heterocycles. The number of rotatable bonds is 9. The van der Waals surface area contributed by atoms with E-state index in [0.717, 1.165) is 38.6 Å². The number of piperazine rings is 1. The van der Waals surface area contributed by atoms with Crippen molar-refractivity contribution in [1.82, 2.24) is 10.1 Å². The van der Waals surface area contributed by atoms with Gasteiger partial charge in [-0.1, -0.05) is 23.7 Å². The second-order valence-corrected chi connectivity index (χ2v) is 11.4. The van der Waals surface area contributed by atoms with Gasteiger partial charge in [0, 0.05) is 51.7 Å². The highest BCUT2D eigenvalue weighted by Crippen LogP contribution is 2.65. The summed E-state index contributed by atoms with van der Waals surface area (Å²) in [5.41, 5.74) is 0.976. The second kappa shape index (κ2) is 10.3. The quantitative estimate of drug-likeness (QED) is 0.444. The molecule has 3 fully saturated rings. The molecule has 0 N–H and O–H groups in total. The molecule has 35 heavy (non-hydrogen) atoms. The van der Waals surface area contributed by atoms with Crippen LogP contribution in [0.2, 0.25) is 5.02 Å². The molecular formula is C27H37ClFN3O3. The molecule has 2 heterocycles. The number of anilines is 1. The molecule has 2 aromatic rings. The van der Waals surface area contributed by atoms with E-state index >= 15 is 0 Å². The number of fused-ring (bicyclic) bond motifs is 1. The lowest BCUT2D eigenvalue weighted by atomic mass is 9.75. The predicted molar refractivity (Wildman–Crippen MR) is 135 cm³/mol. The van der Waals surface area contributed by atoms with Gasteiger partial charge < -0.3 is 14.2 Å². The first-order valence-corrected chi connectivity index (χ1v) is 13.5. The maximum atomic E-state index is 14.0. The third-order valence-electron chi connectivity index (χ3n) is 9.04. The first-order chi connectivity index (χ1) is 16.9. The zero-order valence-electron chi connectivity index (χ0n) is 20.9. The van der Waals surface area contributed by atoms with Gasteiger partial charge in [0.2, 0.25) is 0 Å². The molecule has 1 aromatic heterocycles. The lowest BCUT2D eigenvalue weighted by molar-refractivity contribution is -0.124. The van der Waals surface area contributed by atoms with Crippen molar-refractivity contribution in [1.29, 1.82) is 0 Å². The SMILES string of the molecule is COCCC(=O)C(C)[C@@H]1CC12CCC(CCN1CCN(c3noc4cc(Cl)c(F)cc34)CC1)CC2. The number of Topliss-reactive ketones (excluding diaryl/α,β-unsaturated/α-hetero) is 1. The maximum absolute atomic E-state index is 14.0. The summed E-state index contributed by atoms with van der Waals surface area (Å²) >= 11 is 5.87. The smallest absolute Gasteiger partial charge is 0.180 e. The van der Waals surface area contributed by atoms with E-state index in [-0.39, 0.29) is 10.9 Å². The molecule has 0 bridgehead atoms. The summed E-state index contributed by atoms with van der Waals surface area (Å²) in [6.45, 7) is 7.48. The molecule has 6 nitrogen and oxygen atoms in total. The number of carbonyl (C=O) groups excluding carboxylic acids is 1. The van der Waals surface area contributed by atoms with Gasteiger partial charge in [-0.2, -0.15) is 0 Å². The summed E-state index contributed by atoms with van der Waals surface area (Å²) in [6.07, 6.45) is 8.23. The van der Waals surface area contributed by atoms with Gasteiger partial charge in [-0.05, 0) is 68.4 Å². The number of aromatic nitrogens is 1. The fourth-order valence-corrected chi connectivity index (χ4v) is 6.71. The van der Waals surface area contributed by atoms with E-state index in [9.17, 15) is 9.18 Å². The molecule has 1 saturated heterocycles. The molecule has 1 unspecified atom stereocenters. The molecule has 8 heteroatoms. The van der Waals surface area contributed by atoms with Gasteiger partial charge in [0.05, 0.1) is 17.0 Å². The van der Waals surface area contributed by atoms with Crippen LogP contribution in [0.15, 0.2) is 16.7 Å². The summed E-state index contributed by atoms with van der Waals surface area (Å²) in [4.78, 5) is 17.1. The van der Waals surface area contributed by atoms with Crippen LogP contribution in [-0.2, 0) is 9.53 Å². The molecule has 1 spiro atoms. The molecule has 3 aliphatic rings. The van der Waals surface area contributed by atoms with Crippen LogP contribution in [0.25, 0.3) is 11.0 Å². The van der Waals surface area contributed by atoms with Crippen LogP contribution in [0.1, 0.15) is 51.9 Å². The molecule has 2 aliphatic carbocycles.